The highest BCUT2D eigenvalue weighted by atomic mass is 31.2. The smallest absolute Gasteiger partial charge is 0.306 e. The monoisotopic (exact) mass is 762 g/mol. The van der Waals surface area contributed by atoms with E-state index in [2.05, 4.69) is 13.8 Å². The standard InChI is InChI=1S/C43H88NO7P/c1-6-8-10-12-14-16-18-20-22-23-24-26-28-30-32-34-36-43(45)51-42(41-50-52(46,47)49-39-37-44(3,4)5)40-48-38-35-33-31-29-27-25-21-19-17-15-13-11-9-7-2/h42H,6-41H2,1-5H3/t42-/m1/s1. The van der Waals surface area contributed by atoms with Gasteiger partial charge in [0.2, 0.25) is 0 Å². The van der Waals surface area contributed by atoms with Crippen LogP contribution in [0.1, 0.15) is 213 Å². The molecule has 312 valence electrons. The van der Waals surface area contributed by atoms with Gasteiger partial charge < -0.3 is 27.9 Å². The van der Waals surface area contributed by atoms with Gasteiger partial charge in [0.05, 0.1) is 34.4 Å². The largest absolute Gasteiger partial charge is 0.756 e. The summed E-state index contributed by atoms with van der Waals surface area (Å²) in [5.41, 5.74) is 0. The van der Waals surface area contributed by atoms with Gasteiger partial charge in [0.1, 0.15) is 19.3 Å². The van der Waals surface area contributed by atoms with Crippen molar-refractivity contribution in [2.24, 2.45) is 0 Å². The van der Waals surface area contributed by atoms with Gasteiger partial charge in [0.25, 0.3) is 7.82 Å². The number of rotatable bonds is 42. The molecule has 1 unspecified atom stereocenters. The van der Waals surface area contributed by atoms with E-state index in [-0.39, 0.29) is 25.8 Å². The fraction of sp³-hybridized carbons (Fsp3) is 0.977. The highest BCUT2D eigenvalue weighted by molar-refractivity contribution is 7.45. The molecule has 0 saturated heterocycles. The second-order valence-electron chi connectivity index (χ2n) is 16.4. The molecule has 0 heterocycles. The lowest BCUT2D eigenvalue weighted by molar-refractivity contribution is -0.870. The maximum atomic E-state index is 12.7. The molecule has 0 fully saturated rings. The van der Waals surface area contributed by atoms with E-state index in [9.17, 15) is 14.3 Å². The lowest BCUT2D eigenvalue weighted by atomic mass is 10.0. The van der Waals surface area contributed by atoms with Crippen LogP contribution in [0.15, 0.2) is 0 Å². The molecule has 9 heteroatoms. The quantitative estimate of drug-likeness (QED) is 0.0264. The van der Waals surface area contributed by atoms with Crippen molar-refractivity contribution < 1.29 is 37.3 Å². The molecule has 2 atom stereocenters. The Morgan fingerprint density at radius 1 is 0.519 bits per heavy atom. The predicted octanol–water partition coefficient (Wildman–Crippen LogP) is 12.3. The van der Waals surface area contributed by atoms with Crippen LogP contribution in [-0.4, -0.2) is 70.7 Å². The van der Waals surface area contributed by atoms with Gasteiger partial charge in [-0.1, -0.05) is 194 Å². The van der Waals surface area contributed by atoms with Crippen molar-refractivity contribution >= 4 is 13.8 Å². The minimum Gasteiger partial charge on any atom is -0.756 e. The van der Waals surface area contributed by atoms with Crippen molar-refractivity contribution in [3.05, 3.63) is 0 Å². The topological polar surface area (TPSA) is 94.1 Å². The zero-order valence-corrected chi connectivity index (χ0v) is 36.2. The Kier molecular flexibility index (Phi) is 37.1. The number of hydrogen-bond acceptors (Lipinski definition) is 7. The number of hydrogen-bond donors (Lipinski definition) is 0. The van der Waals surface area contributed by atoms with E-state index in [1.54, 1.807) is 0 Å². The van der Waals surface area contributed by atoms with E-state index in [1.165, 1.54) is 161 Å². The Morgan fingerprint density at radius 3 is 1.27 bits per heavy atom. The van der Waals surface area contributed by atoms with Gasteiger partial charge in [0, 0.05) is 13.0 Å². The summed E-state index contributed by atoms with van der Waals surface area (Å²) in [6, 6.07) is 0. The summed E-state index contributed by atoms with van der Waals surface area (Å²) >= 11 is 0. The maximum absolute atomic E-state index is 12.7. The maximum Gasteiger partial charge on any atom is 0.306 e. The first-order valence-corrected chi connectivity index (χ1v) is 23.7. The molecule has 0 bridgehead atoms. The average molecular weight is 762 g/mol. The molecule has 0 aromatic heterocycles. The van der Waals surface area contributed by atoms with Crippen molar-refractivity contribution in [2.45, 2.75) is 219 Å². The van der Waals surface area contributed by atoms with Crippen LogP contribution in [0.5, 0.6) is 0 Å². The van der Waals surface area contributed by atoms with Crippen LogP contribution in [0.2, 0.25) is 0 Å². The average Bonchev–Trinajstić information content (AvgIpc) is 3.09. The summed E-state index contributed by atoms with van der Waals surface area (Å²) in [5.74, 6) is -0.328. The van der Waals surface area contributed by atoms with Crippen LogP contribution in [0.3, 0.4) is 0 Å². The fourth-order valence-electron chi connectivity index (χ4n) is 6.43. The van der Waals surface area contributed by atoms with E-state index < -0.39 is 13.9 Å². The third-order valence-electron chi connectivity index (χ3n) is 9.91. The second-order valence-corrected chi connectivity index (χ2v) is 17.8. The minimum atomic E-state index is -4.51. The highest BCUT2D eigenvalue weighted by Crippen LogP contribution is 2.38. The molecular weight excluding hydrogens is 673 g/mol. The van der Waals surface area contributed by atoms with E-state index in [0.29, 0.717) is 24.1 Å². The number of phosphoric acid groups is 1. The molecule has 0 spiro atoms. The molecule has 0 aliphatic heterocycles. The molecule has 52 heavy (non-hydrogen) atoms. The SMILES string of the molecule is CCCCCCCCCCCCCCCCCCC(=O)O[C@H](COCCCCCCCCCCCCCCCC)COP(=O)([O-])OCC[N+](C)(C)C. The molecule has 8 nitrogen and oxygen atoms in total. The molecule has 0 aliphatic carbocycles. The van der Waals surface area contributed by atoms with Crippen LogP contribution in [0, 0.1) is 0 Å². The normalized spacial score (nSPS) is 13.7. The molecule has 0 radical (unpaired) electrons. The van der Waals surface area contributed by atoms with Crippen molar-refractivity contribution in [1.82, 2.24) is 0 Å². The van der Waals surface area contributed by atoms with E-state index >= 15 is 0 Å². The summed E-state index contributed by atoms with van der Waals surface area (Å²) in [5, 5.41) is 0. The Hall–Kier alpha value is -0.500. The van der Waals surface area contributed by atoms with Gasteiger partial charge in [0.15, 0.2) is 0 Å². The first kappa shape index (κ1) is 51.5. The molecule has 0 aromatic carbocycles. The minimum absolute atomic E-state index is 0.0314. The van der Waals surface area contributed by atoms with E-state index in [0.717, 1.165) is 32.1 Å². The zero-order valence-electron chi connectivity index (χ0n) is 35.3. The molecule has 0 amide bonds. The van der Waals surface area contributed by atoms with Gasteiger partial charge in [-0.15, -0.1) is 0 Å². The highest BCUT2D eigenvalue weighted by Gasteiger charge is 2.20. The fourth-order valence-corrected chi connectivity index (χ4v) is 7.16. The van der Waals surface area contributed by atoms with E-state index in [1.807, 2.05) is 21.1 Å². The summed E-state index contributed by atoms with van der Waals surface area (Å²) in [6.45, 7) is 5.47. The first-order valence-electron chi connectivity index (χ1n) is 22.3. The van der Waals surface area contributed by atoms with Gasteiger partial charge in [-0.2, -0.15) is 0 Å². The number of carbonyl (C=O) groups is 1. The Balaban J connectivity index is 4.18. The van der Waals surface area contributed by atoms with Crippen LogP contribution >= 0.6 is 7.82 Å². The number of likely N-dealkylation sites (N-methyl/N-ethyl adjacent to an activating group) is 1. The first-order chi connectivity index (χ1) is 25.1. The molecule has 0 aliphatic rings. The van der Waals surface area contributed by atoms with Crippen molar-refractivity contribution in [3.63, 3.8) is 0 Å². The zero-order chi connectivity index (χ0) is 38.4. The lowest BCUT2D eigenvalue weighted by Gasteiger charge is -2.28. The predicted molar refractivity (Wildman–Crippen MR) is 218 cm³/mol. The summed E-state index contributed by atoms with van der Waals surface area (Å²) in [6.07, 6.45) is 38.2. The molecular formula is C43H88NO7P. The van der Waals surface area contributed by atoms with Gasteiger partial charge in [-0.3, -0.25) is 9.36 Å². The number of phosphoric ester groups is 1. The van der Waals surface area contributed by atoms with Gasteiger partial charge in [-0.05, 0) is 12.8 Å². The molecule has 0 rings (SSSR count). The summed E-state index contributed by atoms with van der Waals surface area (Å²) in [4.78, 5) is 25.0. The third kappa shape index (κ3) is 40.7. The van der Waals surface area contributed by atoms with Gasteiger partial charge in [-0.25, -0.2) is 0 Å². The number of esters is 1. The number of nitrogens with zero attached hydrogens (tertiary/aromatic N) is 1. The Morgan fingerprint density at radius 2 is 0.885 bits per heavy atom. The van der Waals surface area contributed by atoms with Crippen LogP contribution in [-0.2, 0) is 27.9 Å². The number of ether oxygens (including phenoxy) is 2. The van der Waals surface area contributed by atoms with Crippen LogP contribution in [0.25, 0.3) is 0 Å². The summed E-state index contributed by atoms with van der Waals surface area (Å²) in [7, 11) is 1.37. The number of carbonyl (C=O) groups excluding carboxylic acids is 1. The lowest BCUT2D eigenvalue weighted by Crippen LogP contribution is -2.37. The van der Waals surface area contributed by atoms with Gasteiger partial charge >= 0.3 is 5.97 Å². The van der Waals surface area contributed by atoms with Crippen LogP contribution in [0.4, 0.5) is 0 Å². The molecule has 0 saturated carbocycles. The second kappa shape index (κ2) is 37.4. The Bertz CT molecular complexity index is 807. The van der Waals surface area contributed by atoms with Crippen LogP contribution < -0.4 is 4.89 Å². The van der Waals surface area contributed by atoms with Crippen molar-refractivity contribution in [1.29, 1.82) is 0 Å². The molecule has 0 N–H and O–H groups in total. The van der Waals surface area contributed by atoms with Crippen molar-refractivity contribution in [3.8, 4) is 0 Å². The third-order valence-corrected chi connectivity index (χ3v) is 10.9. The van der Waals surface area contributed by atoms with Crippen molar-refractivity contribution in [2.75, 3.05) is 54.1 Å². The van der Waals surface area contributed by atoms with E-state index in [4.69, 9.17) is 18.5 Å². The summed E-state index contributed by atoms with van der Waals surface area (Å²) < 4.78 is 34.6. The number of unbranched alkanes of at least 4 members (excludes halogenated alkanes) is 28. The molecule has 0 aromatic rings. The Labute approximate surface area is 323 Å². The number of quaternary nitrogens is 1.